The Morgan fingerprint density at radius 1 is 1.18 bits per heavy atom. The van der Waals surface area contributed by atoms with Crippen LogP contribution in [0.4, 0.5) is 4.39 Å². The Morgan fingerprint density at radius 3 is 2.77 bits per heavy atom. The number of hydrogen-bond donors (Lipinski definition) is 0. The number of hydrogen-bond acceptors (Lipinski definition) is 5. The highest BCUT2D eigenvalue weighted by Gasteiger charge is 2.79. The number of nitrogens with zero attached hydrogens (tertiary/aromatic N) is 2. The van der Waals surface area contributed by atoms with Gasteiger partial charge in [0.15, 0.2) is 11.5 Å². The van der Waals surface area contributed by atoms with E-state index in [1.807, 2.05) is 6.07 Å². The van der Waals surface area contributed by atoms with Crippen molar-refractivity contribution in [2.75, 3.05) is 34.4 Å². The summed E-state index contributed by atoms with van der Waals surface area (Å²) in [5.41, 5.74) is 2.79. The molecular weight excluding hydrogens is 507 g/mol. The number of likely N-dealkylation sites (N-methyl/N-ethyl adjacent to an activating group) is 1. The summed E-state index contributed by atoms with van der Waals surface area (Å²) in [7, 11) is 5.24. The van der Waals surface area contributed by atoms with Gasteiger partial charge in [0.1, 0.15) is 17.5 Å². The number of methoxy groups -OCH3 is 2. The molecule has 4 bridgehead atoms. The smallest absolute Gasteiger partial charge is 0.252 e. The van der Waals surface area contributed by atoms with E-state index in [4.69, 9.17) is 14.2 Å². The van der Waals surface area contributed by atoms with Crippen molar-refractivity contribution in [3.05, 3.63) is 70.6 Å². The maximum absolute atomic E-state index is 14.4. The summed E-state index contributed by atoms with van der Waals surface area (Å²) in [5, 5.41) is 0. The van der Waals surface area contributed by atoms with E-state index in [-0.39, 0.29) is 28.7 Å². The zero-order chi connectivity index (χ0) is 27.4. The number of carbonyl (C=O) groups excluding carboxylic acids is 1. The molecule has 7 heteroatoms. The van der Waals surface area contributed by atoms with Crippen molar-refractivity contribution < 1.29 is 23.4 Å². The fourth-order valence-electron chi connectivity index (χ4n) is 9.43. The Labute approximate surface area is 235 Å². The molecule has 2 aromatic rings. The summed E-state index contributed by atoms with van der Waals surface area (Å²) in [6.45, 7) is 2.50. The minimum atomic E-state index is -0.864. The molecule has 5 aliphatic carbocycles. The van der Waals surface area contributed by atoms with Crippen LogP contribution < -0.4 is 9.47 Å². The molecule has 7 aliphatic rings. The molecule has 6 nitrogen and oxygen atoms in total. The minimum Gasteiger partial charge on any atom is -0.493 e. The van der Waals surface area contributed by atoms with Crippen LogP contribution in [0.25, 0.3) is 0 Å². The van der Waals surface area contributed by atoms with Crippen LogP contribution in [0.2, 0.25) is 0 Å². The van der Waals surface area contributed by atoms with Crippen molar-refractivity contribution in [2.45, 2.75) is 68.2 Å². The molecule has 40 heavy (non-hydrogen) atoms. The Balaban J connectivity index is 1.29. The predicted octanol–water partition coefficient (Wildman–Crippen LogP) is 4.64. The average Bonchev–Trinajstić information content (AvgIpc) is 3.70. The van der Waals surface area contributed by atoms with Gasteiger partial charge in [-0.3, -0.25) is 9.69 Å². The molecule has 1 saturated heterocycles. The number of benzene rings is 2. The van der Waals surface area contributed by atoms with Crippen LogP contribution in [0.1, 0.15) is 48.8 Å². The second-order valence-electron chi connectivity index (χ2n) is 13.0. The molecule has 2 heterocycles. The van der Waals surface area contributed by atoms with E-state index in [9.17, 15) is 9.18 Å². The summed E-state index contributed by atoms with van der Waals surface area (Å²) in [5.74, 6) is 2.04. The molecule has 5 atom stereocenters. The van der Waals surface area contributed by atoms with Gasteiger partial charge < -0.3 is 19.1 Å². The molecule has 1 amide bonds. The Hall–Kier alpha value is -2.90. The standard InChI is InChI=1S/C33H37FN2O4/c1-35(18-21-5-4-6-23(34)15-21)29(37)24-17-31-11-12-33(24,39-3)30-32(31)13-14-36(19-20-7-8-20)26(31)16-22-9-10-25(38-2)28(40-30)27(22)32/h4-6,9-10,15,17,20,26,30H,7-8,11-14,16,18-19H2,1-3H3/t26-,30-,31-,32+,33-/m1/s1. The monoisotopic (exact) mass is 544 g/mol. The van der Waals surface area contributed by atoms with Crippen LogP contribution in [0.5, 0.6) is 11.5 Å². The average molecular weight is 545 g/mol. The van der Waals surface area contributed by atoms with E-state index in [0.717, 1.165) is 61.8 Å². The maximum Gasteiger partial charge on any atom is 0.252 e. The van der Waals surface area contributed by atoms with Crippen molar-refractivity contribution in [1.82, 2.24) is 9.80 Å². The molecule has 0 unspecified atom stereocenters. The van der Waals surface area contributed by atoms with Gasteiger partial charge in [-0.2, -0.15) is 0 Å². The van der Waals surface area contributed by atoms with Gasteiger partial charge in [0.2, 0.25) is 0 Å². The second-order valence-corrected chi connectivity index (χ2v) is 13.0. The number of amides is 1. The normalized spacial score (nSPS) is 34.6. The third-order valence-electron chi connectivity index (χ3n) is 11.3. The summed E-state index contributed by atoms with van der Waals surface area (Å²) in [6, 6.07) is 11.1. The first kappa shape index (κ1) is 24.9. The lowest BCUT2D eigenvalue weighted by Crippen LogP contribution is -2.78. The molecule has 0 aromatic heterocycles. The van der Waals surface area contributed by atoms with Gasteiger partial charge in [-0.15, -0.1) is 0 Å². The highest BCUT2D eigenvalue weighted by atomic mass is 19.1. The first-order valence-corrected chi connectivity index (χ1v) is 14.8. The lowest BCUT2D eigenvalue weighted by Gasteiger charge is -2.70. The van der Waals surface area contributed by atoms with Gasteiger partial charge in [-0.05, 0) is 80.3 Å². The van der Waals surface area contributed by atoms with Gasteiger partial charge in [0.25, 0.3) is 5.91 Å². The third-order valence-corrected chi connectivity index (χ3v) is 11.3. The van der Waals surface area contributed by atoms with Crippen LogP contribution in [0, 0.1) is 17.2 Å². The number of ether oxygens (including phenoxy) is 3. The molecule has 3 fully saturated rings. The van der Waals surface area contributed by atoms with E-state index in [1.54, 1.807) is 32.2 Å². The Bertz CT molecular complexity index is 1450. The molecule has 9 rings (SSSR count). The summed E-state index contributed by atoms with van der Waals surface area (Å²) < 4.78 is 33.3. The van der Waals surface area contributed by atoms with Gasteiger partial charge in [-0.25, -0.2) is 4.39 Å². The second kappa shape index (κ2) is 8.32. The first-order chi connectivity index (χ1) is 19.4. The van der Waals surface area contributed by atoms with E-state index >= 15 is 0 Å². The number of rotatable bonds is 7. The van der Waals surface area contributed by atoms with Gasteiger partial charge >= 0.3 is 0 Å². The lowest BCUT2D eigenvalue weighted by atomic mass is 9.37. The number of fused-ring (bicyclic) bond motifs is 1. The van der Waals surface area contributed by atoms with Gasteiger partial charge in [0, 0.05) is 49.8 Å². The fourth-order valence-corrected chi connectivity index (χ4v) is 9.43. The molecule has 2 saturated carbocycles. The number of carbonyl (C=O) groups is 1. The Morgan fingerprint density at radius 2 is 2.02 bits per heavy atom. The molecule has 2 spiro atoms. The molecule has 0 N–H and O–H groups in total. The highest BCUT2D eigenvalue weighted by molar-refractivity contribution is 5.97. The highest BCUT2D eigenvalue weighted by Crippen LogP contribution is 2.75. The topological polar surface area (TPSA) is 51.2 Å². The number of piperidine rings is 1. The van der Waals surface area contributed by atoms with Crippen LogP contribution in [-0.4, -0.2) is 67.8 Å². The summed E-state index contributed by atoms with van der Waals surface area (Å²) >= 11 is 0. The fraction of sp³-hybridized carbons (Fsp3) is 0.545. The van der Waals surface area contributed by atoms with Crippen molar-refractivity contribution in [1.29, 1.82) is 0 Å². The predicted molar refractivity (Wildman–Crippen MR) is 148 cm³/mol. The molecule has 0 radical (unpaired) electrons. The SMILES string of the molecule is COc1ccc2c3c1O[C@@H]1[C@]34CCN(CC3CC3)[C@H](C2)[C@@]42C=C(C(=O)N(C)Cc3cccc(F)c3)[C@]1(OC)CC2. The maximum atomic E-state index is 14.4. The quantitative estimate of drug-likeness (QED) is 0.509. The van der Waals surface area contributed by atoms with Gasteiger partial charge in [-0.1, -0.05) is 24.3 Å². The van der Waals surface area contributed by atoms with Crippen molar-refractivity contribution in [3.8, 4) is 11.5 Å². The van der Waals surface area contributed by atoms with Crippen molar-refractivity contribution in [3.63, 3.8) is 0 Å². The van der Waals surface area contributed by atoms with Crippen LogP contribution in [-0.2, 0) is 27.9 Å². The zero-order valence-electron chi connectivity index (χ0n) is 23.5. The van der Waals surface area contributed by atoms with E-state index in [2.05, 4.69) is 23.1 Å². The number of likely N-dealkylation sites (tertiary alicyclic amines) is 1. The first-order valence-electron chi connectivity index (χ1n) is 14.8. The molecule has 2 aromatic carbocycles. The van der Waals surface area contributed by atoms with Crippen molar-refractivity contribution >= 4 is 5.91 Å². The summed E-state index contributed by atoms with van der Waals surface area (Å²) in [4.78, 5) is 18.8. The largest absolute Gasteiger partial charge is 0.493 e. The molecule has 210 valence electrons. The minimum absolute atomic E-state index is 0.0656. The lowest BCUT2D eigenvalue weighted by molar-refractivity contribution is -0.198. The summed E-state index contributed by atoms with van der Waals surface area (Å²) in [6.07, 6.45) is 8.31. The van der Waals surface area contributed by atoms with E-state index in [1.165, 1.54) is 36.1 Å². The van der Waals surface area contributed by atoms with E-state index in [0.29, 0.717) is 18.2 Å². The third kappa shape index (κ3) is 2.98. The zero-order valence-corrected chi connectivity index (χ0v) is 23.5. The van der Waals surface area contributed by atoms with Crippen LogP contribution >= 0.6 is 0 Å². The van der Waals surface area contributed by atoms with Gasteiger partial charge in [0.05, 0.1) is 12.5 Å². The van der Waals surface area contributed by atoms with Crippen LogP contribution in [0.15, 0.2) is 48.0 Å². The van der Waals surface area contributed by atoms with Crippen molar-refractivity contribution in [2.24, 2.45) is 11.3 Å². The van der Waals surface area contributed by atoms with E-state index < -0.39 is 5.60 Å². The molecule has 2 aliphatic heterocycles. The van der Waals surface area contributed by atoms with Crippen LogP contribution in [0.3, 0.4) is 0 Å². The Kier molecular flexibility index (Phi) is 5.17. The number of halogens is 1. The molecular formula is C33H37FN2O4.